The maximum absolute atomic E-state index is 5.63. The Morgan fingerprint density at radius 3 is 2.06 bits per heavy atom. The van der Waals surface area contributed by atoms with Gasteiger partial charge in [-0.3, -0.25) is 0 Å². The van der Waals surface area contributed by atoms with Crippen molar-refractivity contribution >= 4 is 33.0 Å². The van der Waals surface area contributed by atoms with Crippen LogP contribution in [0.1, 0.15) is 32.1 Å². The van der Waals surface area contributed by atoms with Crippen LogP contribution in [0.4, 0.5) is 0 Å². The molecule has 1 atom stereocenters. The van der Waals surface area contributed by atoms with E-state index in [1.54, 1.807) is 21.3 Å². The molecule has 0 heterocycles. The summed E-state index contributed by atoms with van der Waals surface area (Å²) in [6, 6.07) is 0.820. The lowest BCUT2D eigenvalue weighted by Gasteiger charge is -2.25. The molecule has 6 heteroatoms. The van der Waals surface area contributed by atoms with Crippen molar-refractivity contribution in [2.24, 2.45) is 0 Å². The Morgan fingerprint density at radius 1 is 1.00 bits per heavy atom. The van der Waals surface area contributed by atoms with Crippen LogP contribution in [-0.2, 0) is 13.3 Å². The molecule has 0 aromatic heterocycles. The van der Waals surface area contributed by atoms with E-state index in [1.165, 1.54) is 12.8 Å². The van der Waals surface area contributed by atoms with Gasteiger partial charge in [0.15, 0.2) is 0 Å². The molecule has 0 aromatic rings. The van der Waals surface area contributed by atoms with Crippen LogP contribution < -0.4 is 0 Å². The standard InChI is InChI=1S/C11H25ClO3SSi/c1-13-17(14-2,15-3)10-8-11(16)7-5-4-6-9-12/h11,16H,4-10H2,1-3H3. The third kappa shape index (κ3) is 7.69. The fourth-order valence-corrected chi connectivity index (χ4v) is 4.25. The van der Waals surface area contributed by atoms with Crippen molar-refractivity contribution in [3.8, 4) is 0 Å². The van der Waals surface area contributed by atoms with E-state index in [4.69, 9.17) is 24.9 Å². The SMILES string of the molecule is CO[Si](CCC(S)CCCCCCl)(OC)OC. The molecule has 0 saturated carbocycles. The third-order valence-corrected chi connectivity index (χ3v) is 6.44. The second-order valence-corrected chi connectivity index (χ2v) is 8.23. The van der Waals surface area contributed by atoms with Crippen molar-refractivity contribution in [1.82, 2.24) is 0 Å². The molecule has 0 saturated heterocycles. The van der Waals surface area contributed by atoms with Gasteiger partial charge in [0, 0.05) is 38.5 Å². The van der Waals surface area contributed by atoms with Gasteiger partial charge in [0.1, 0.15) is 0 Å². The molecule has 0 aliphatic carbocycles. The van der Waals surface area contributed by atoms with Gasteiger partial charge < -0.3 is 13.3 Å². The molecule has 0 aromatic carbocycles. The van der Waals surface area contributed by atoms with Crippen LogP contribution >= 0.6 is 24.2 Å². The van der Waals surface area contributed by atoms with Gasteiger partial charge in [-0.15, -0.1) is 11.6 Å². The first kappa shape index (κ1) is 17.7. The summed E-state index contributed by atoms with van der Waals surface area (Å²) in [6.07, 6.45) is 5.53. The summed E-state index contributed by atoms with van der Waals surface area (Å²) in [7, 11) is 2.53. The smallest absolute Gasteiger partial charge is 0.377 e. The minimum atomic E-state index is -2.40. The zero-order valence-corrected chi connectivity index (χ0v) is 13.7. The Balaban J connectivity index is 3.76. The van der Waals surface area contributed by atoms with E-state index in [1.807, 2.05) is 0 Å². The molecule has 0 aliphatic heterocycles. The van der Waals surface area contributed by atoms with Crippen molar-refractivity contribution in [1.29, 1.82) is 0 Å². The van der Waals surface area contributed by atoms with Gasteiger partial charge >= 0.3 is 8.80 Å². The van der Waals surface area contributed by atoms with Crippen LogP contribution in [0.5, 0.6) is 0 Å². The summed E-state index contributed by atoms with van der Waals surface area (Å²) in [4.78, 5) is 0. The molecular weight excluding hydrogens is 276 g/mol. The van der Waals surface area contributed by atoms with E-state index in [9.17, 15) is 0 Å². The van der Waals surface area contributed by atoms with Gasteiger partial charge in [0.25, 0.3) is 0 Å². The van der Waals surface area contributed by atoms with Gasteiger partial charge in [-0.1, -0.05) is 12.8 Å². The molecule has 0 amide bonds. The van der Waals surface area contributed by atoms with E-state index in [2.05, 4.69) is 12.6 Å². The molecule has 104 valence electrons. The highest BCUT2D eigenvalue weighted by molar-refractivity contribution is 7.80. The molecular formula is C11H25ClO3SSi. The molecule has 0 rings (SSSR count). The predicted molar refractivity (Wildman–Crippen MR) is 78.2 cm³/mol. The number of rotatable bonds is 11. The lowest BCUT2D eigenvalue weighted by atomic mass is 10.1. The second kappa shape index (κ2) is 10.6. The van der Waals surface area contributed by atoms with Crippen LogP contribution in [0.2, 0.25) is 6.04 Å². The number of hydrogen-bond donors (Lipinski definition) is 1. The highest BCUT2D eigenvalue weighted by atomic mass is 35.5. The normalized spacial score (nSPS) is 13.9. The Labute approximate surface area is 117 Å². The lowest BCUT2D eigenvalue weighted by molar-refractivity contribution is 0.123. The van der Waals surface area contributed by atoms with E-state index in [-0.39, 0.29) is 0 Å². The molecule has 0 fully saturated rings. The van der Waals surface area contributed by atoms with Crippen molar-refractivity contribution in [2.45, 2.75) is 43.4 Å². The van der Waals surface area contributed by atoms with Gasteiger partial charge in [0.05, 0.1) is 0 Å². The Morgan fingerprint density at radius 2 is 1.59 bits per heavy atom. The highest BCUT2D eigenvalue weighted by Gasteiger charge is 2.37. The van der Waals surface area contributed by atoms with E-state index in [0.717, 1.165) is 31.2 Å². The number of alkyl halides is 1. The second-order valence-electron chi connectivity index (χ2n) is 4.03. The van der Waals surface area contributed by atoms with E-state index < -0.39 is 8.80 Å². The van der Waals surface area contributed by atoms with Crippen LogP contribution in [0.25, 0.3) is 0 Å². The first-order chi connectivity index (χ1) is 8.14. The highest BCUT2D eigenvalue weighted by Crippen LogP contribution is 2.21. The van der Waals surface area contributed by atoms with Crippen molar-refractivity contribution in [3.63, 3.8) is 0 Å². The number of halogens is 1. The van der Waals surface area contributed by atoms with Gasteiger partial charge in [-0.25, -0.2) is 0 Å². The van der Waals surface area contributed by atoms with Crippen molar-refractivity contribution in [3.05, 3.63) is 0 Å². The predicted octanol–water partition coefficient (Wildman–Crippen LogP) is 3.35. The lowest BCUT2D eigenvalue weighted by Crippen LogP contribution is -2.43. The largest absolute Gasteiger partial charge is 0.500 e. The Kier molecular flexibility index (Phi) is 11.1. The first-order valence-electron chi connectivity index (χ1n) is 6.03. The number of unbranched alkanes of at least 4 members (excludes halogenated alkanes) is 2. The molecule has 17 heavy (non-hydrogen) atoms. The minimum absolute atomic E-state index is 0.387. The van der Waals surface area contributed by atoms with Crippen molar-refractivity contribution < 1.29 is 13.3 Å². The van der Waals surface area contributed by atoms with Crippen LogP contribution in [0.3, 0.4) is 0 Å². The van der Waals surface area contributed by atoms with Gasteiger partial charge in [-0.2, -0.15) is 12.6 Å². The Hall–Kier alpha value is 0.737. The zero-order chi connectivity index (χ0) is 13.1. The average molecular weight is 301 g/mol. The third-order valence-electron chi connectivity index (χ3n) is 2.89. The monoisotopic (exact) mass is 300 g/mol. The molecule has 0 bridgehead atoms. The topological polar surface area (TPSA) is 27.7 Å². The molecule has 3 nitrogen and oxygen atoms in total. The molecule has 0 N–H and O–H groups in total. The first-order valence-corrected chi connectivity index (χ1v) is 9.02. The summed E-state index contributed by atoms with van der Waals surface area (Å²) in [5, 5.41) is 0.387. The quantitative estimate of drug-likeness (QED) is 0.274. The summed E-state index contributed by atoms with van der Waals surface area (Å²) < 4.78 is 16.1. The molecule has 0 radical (unpaired) electrons. The minimum Gasteiger partial charge on any atom is -0.377 e. The summed E-state index contributed by atoms with van der Waals surface area (Å²) in [5.41, 5.74) is 0. The Bertz CT molecular complexity index is 174. The molecule has 0 aliphatic rings. The van der Waals surface area contributed by atoms with Crippen LogP contribution in [0, 0.1) is 0 Å². The summed E-state index contributed by atoms with van der Waals surface area (Å²) in [6.45, 7) is 0. The molecule has 0 spiro atoms. The van der Waals surface area contributed by atoms with E-state index >= 15 is 0 Å². The zero-order valence-electron chi connectivity index (χ0n) is 11.1. The fourth-order valence-electron chi connectivity index (χ4n) is 1.70. The van der Waals surface area contributed by atoms with Crippen molar-refractivity contribution in [2.75, 3.05) is 27.2 Å². The summed E-state index contributed by atoms with van der Waals surface area (Å²) in [5.74, 6) is 0.754. The maximum atomic E-state index is 5.63. The summed E-state index contributed by atoms with van der Waals surface area (Å²) >= 11 is 10.2. The average Bonchev–Trinajstić information content (AvgIpc) is 2.37. The molecule has 1 unspecified atom stereocenters. The van der Waals surface area contributed by atoms with Gasteiger partial charge in [-0.05, 0) is 19.3 Å². The number of thiol groups is 1. The number of hydrogen-bond acceptors (Lipinski definition) is 4. The maximum Gasteiger partial charge on any atom is 0.500 e. The van der Waals surface area contributed by atoms with E-state index in [0.29, 0.717) is 5.25 Å². The van der Waals surface area contributed by atoms with Crippen LogP contribution in [0.15, 0.2) is 0 Å². The fraction of sp³-hybridized carbons (Fsp3) is 1.00. The van der Waals surface area contributed by atoms with Gasteiger partial charge in [0.2, 0.25) is 0 Å². The van der Waals surface area contributed by atoms with Crippen LogP contribution in [-0.4, -0.2) is 41.3 Å².